The number of nitrogens with one attached hydrogen (secondary N) is 1. The zero-order valence-corrected chi connectivity index (χ0v) is 18.4. The van der Waals surface area contributed by atoms with E-state index < -0.39 is 11.8 Å². The fourth-order valence-corrected chi connectivity index (χ4v) is 3.65. The van der Waals surface area contributed by atoms with Gasteiger partial charge in [0.25, 0.3) is 11.8 Å². The Kier molecular flexibility index (Phi) is 6.74. The largest absolute Gasteiger partial charge is 0.491 e. The monoisotopic (exact) mass is 444 g/mol. The van der Waals surface area contributed by atoms with Crippen molar-refractivity contribution in [3.05, 3.63) is 58.1 Å². The molecule has 1 aliphatic heterocycles. The summed E-state index contributed by atoms with van der Waals surface area (Å²) in [4.78, 5) is 27.0. The highest BCUT2D eigenvalue weighted by Crippen LogP contribution is 2.37. The second kappa shape index (κ2) is 9.28. The first kappa shape index (κ1) is 21.8. The number of carbonyl (C=O) groups is 2. The van der Waals surface area contributed by atoms with E-state index in [1.807, 2.05) is 26.0 Å². The van der Waals surface area contributed by atoms with Crippen LogP contribution in [-0.2, 0) is 16.0 Å². The number of aryl methyl sites for hydroxylation is 1. The van der Waals surface area contributed by atoms with Gasteiger partial charge >= 0.3 is 0 Å². The van der Waals surface area contributed by atoms with Crippen molar-refractivity contribution in [2.24, 2.45) is 0 Å². The van der Waals surface area contributed by atoms with Crippen LogP contribution in [0, 0.1) is 0 Å². The lowest BCUT2D eigenvalue weighted by molar-refractivity contribution is -0.122. The van der Waals surface area contributed by atoms with E-state index >= 15 is 0 Å². The van der Waals surface area contributed by atoms with E-state index in [1.54, 1.807) is 24.3 Å². The number of benzene rings is 2. The van der Waals surface area contributed by atoms with Crippen molar-refractivity contribution in [3.8, 4) is 11.5 Å². The van der Waals surface area contributed by atoms with E-state index in [-0.39, 0.29) is 10.7 Å². The number of methoxy groups -OCH3 is 1. The quantitative estimate of drug-likeness (QED) is 0.412. The van der Waals surface area contributed by atoms with Crippen molar-refractivity contribution in [2.45, 2.75) is 20.3 Å². The lowest BCUT2D eigenvalue weighted by Gasteiger charge is -2.29. The summed E-state index contributed by atoms with van der Waals surface area (Å²) >= 11 is 11.5. The number of hydrogen-bond donors (Lipinski definition) is 1. The first-order valence-electron chi connectivity index (χ1n) is 9.40. The Morgan fingerprint density at radius 1 is 1.17 bits per heavy atom. The summed E-state index contributed by atoms with van der Waals surface area (Å²) in [6.45, 7) is 4.28. The Bertz CT molecular complexity index is 1030. The average molecular weight is 445 g/mol. The maximum absolute atomic E-state index is 13.1. The molecule has 30 heavy (non-hydrogen) atoms. The summed E-state index contributed by atoms with van der Waals surface area (Å²) in [6, 6.07) is 10.7. The highest BCUT2D eigenvalue weighted by molar-refractivity contribution is 7.80. The van der Waals surface area contributed by atoms with Crippen LogP contribution in [0.25, 0.3) is 6.08 Å². The normalized spacial score (nSPS) is 15.4. The van der Waals surface area contributed by atoms with Crippen molar-refractivity contribution in [1.82, 2.24) is 5.32 Å². The minimum absolute atomic E-state index is 0.0363. The van der Waals surface area contributed by atoms with Gasteiger partial charge in [-0.25, -0.2) is 0 Å². The van der Waals surface area contributed by atoms with Gasteiger partial charge in [0.15, 0.2) is 16.6 Å². The van der Waals surface area contributed by atoms with Gasteiger partial charge in [0.05, 0.1) is 24.4 Å². The molecule has 156 valence electrons. The predicted molar refractivity (Wildman–Crippen MR) is 121 cm³/mol. The van der Waals surface area contributed by atoms with E-state index in [9.17, 15) is 9.59 Å². The molecule has 0 radical (unpaired) electrons. The Morgan fingerprint density at radius 3 is 2.47 bits per heavy atom. The van der Waals surface area contributed by atoms with Crippen molar-refractivity contribution in [3.63, 3.8) is 0 Å². The molecule has 1 fully saturated rings. The van der Waals surface area contributed by atoms with Crippen molar-refractivity contribution in [2.75, 3.05) is 18.6 Å². The summed E-state index contributed by atoms with van der Waals surface area (Å²) < 4.78 is 10.8. The highest BCUT2D eigenvalue weighted by Gasteiger charge is 2.34. The Hall–Kier alpha value is -2.90. The lowest BCUT2D eigenvalue weighted by atomic mass is 10.1. The molecule has 0 unspecified atom stereocenters. The zero-order valence-electron chi connectivity index (χ0n) is 16.8. The predicted octanol–water partition coefficient (Wildman–Crippen LogP) is 4.14. The zero-order chi connectivity index (χ0) is 21.8. The van der Waals surface area contributed by atoms with Gasteiger partial charge in [-0.2, -0.15) is 0 Å². The number of ether oxygens (including phenoxy) is 2. The molecule has 2 amide bonds. The number of amides is 2. The van der Waals surface area contributed by atoms with Crippen LogP contribution in [0.2, 0.25) is 5.02 Å². The van der Waals surface area contributed by atoms with Crippen molar-refractivity contribution >= 4 is 52.5 Å². The van der Waals surface area contributed by atoms with Gasteiger partial charge in [-0.3, -0.25) is 19.8 Å². The second-order valence-corrected chi connectivity index (χ2v) is 7.24. The number of rotatable bonds is 6. The van der Waals surface area contributed by atoms with Crippen LogP contribution in [0.5, 0.6) is 11.5 Å². The molecule has 8 heteroatoms. The topological polar surface area (TPSA) is 67.9 Å². The Balaban J connectivity index is 2.02. The minimum atomic E-state index is -0.573. The smallest absolute Gasteiger partial charge is 0.270 e. The number of hydrogen-bond acceptors (Lipinski definition) is 5. The minimum Gasteiger partial charge on any atom is -0.491 e. The molecular weight excluding hydrogens is 424 g/mol. The molecule has 3 rings (SSSR count). The third kappa shape index (κ3) is 4.32. The van der Waals surface area contributed by atoms with Crippen LogP contribution >= 0.6 is 23.8 Å². The molecule has 2 aromatic rings. The standard InChI is InChI=1S/C22H21ClN2O4S/c1-4-13-6-8-15(9-7-13)25-21(27)16(20(26)24-22(25)30)10-14-11-17(23)19(28-3)18(12-14)29-5-2/h6-12H,4-5H2,1-3H3,(H,24,26,30). The maximum atomic E-state index is 13.1. The molecule has 6 nitrogen and oxygen atoms in total. The van der Waals surface area contributed by atoms with E-state index in [1.165, 1.54) is 18.1 Å². The van der Waals surface area contributed by atoms with Gasteiger partial charge in [-0.15, -0.1) is 0 Å². The van der Waals surface area contributed by atoms with E-state index in [0.29, 0.717) is 34.4 Å². The molecule has 0 aromatic heterocycles. The van der Waals surface area contributed by atoms with Crippen molar-refractivity contribution in [1.29, 1.82) is 0 Å². The van der Waals surface area contributed by atoms with Gasteiger partial charge in [0.1, 0.15) is 5.57 Å². The molecule has 1 aliphatic rings. The van der Waals surface area contributed by atoms with Crippen LogP contribution < -0.4 is 19.7 Å². The molecular formula is C22H21ClN2O4S. The Morgan fingerprint density at radius 2 is 1.87 bits per heavy atom. The van der Waals surface area contributed by atoms with Gasteiger partial charge in [-0.05, 0) is 67.0 Å². The van der Waals surface area contributed by atoms with Gasteiger partial charge in [0, 0.05) is 0 Å². The molecule has 2 aromatic carbocycles. The molecule has 1 N–H and O–H groups in total. The molecule has 0 aliphatic carbocycles. The fraction of sp³-hybridized carbons (Fsp3) is 0.227. The third-order valence-corrected chi connectivity index (χ3v) is 5.12. The molecule has 0 atom stereocenters. The van der Waals surface area contributed by atoms with E-state index in [0.717, 1.165) is 12.0 Å². The summed E-state index contributed by atoms with van der Waals surface area (Å²) in [5, 5.41) is 2.92. The molecule has 1 heterocycles. The van der Waals surface area contributed by atoms with Crippen LogP contribution in [0.4, 0.5) is 5.69 Å². The number of thiocarbonyl (C=S) groups is 1. The Labute approximate surface area is 185 Å². The number of halogens is 1. The molecule has 0 saturated carbocycles. The highest BCUT2D eigenvalue weighted by atomic mass is 35.5. The van der Waals surface area contributed by atoms with Crippen LogP contribution in [0.3, 0.4) is 0 Å². The van der Waals surface area contributed by atoms with E-state index in [4.69, 9.17) is 33.3 Å². The number of nitrogens with zero attached hydrogens (tertiary/aromatic N) is 1. The fourth-order valence-electron chi connectivity index (χ4n) is 3.07. The van der Waals surface area contributed by atoms with Gasteiger partial charge < -0.3 is 9.47 Å². The summed E-state index contributed by atoms with van der Waals surface area (Å²) in [5.74, 6) is -0.279. The van der Waals surface area contributed by atoms with Crippen LogP contribution in [-0.4, -0.2) is 30.6 Å². The third-order valence-electron chi connectivity index (χ3n) is 4.55. The average Bonchev–Trinajstić information content (AvgIpc) is 2.71. The summed E-state index contributed by atoms with van der Waals surface area (Å²) in [5.41, 5.74) is 2.17. The SMILES string of the molecule is CCOc1cc(C=C2C(=O)NC(=S)N(c3ccc(CC)cc3)C2=O)cc(Cl)c1OC. The lowest BCUT2D eigenvalue weighted by Crippen LogP contribution is -2.54. The number of carbonyl (C=O) groups excluding carboxylic acids is 2. The maximum Gasteiger partial charge on any atom is 0.270 e. The first-order chi connectivity index (χ1) is 14.4. The first-order valence-corrected chi connectivity index (χ1v) is 10.2. The number of anilines is 1. The van der Waals surface area contributed by atoms with Crippen LogP contribution in [0.1, 0.15) is 25.0 Å². The summed E-state index contributed by atoms with van der Waals surface area (Å²) in [7, 11) is 1.49. The van der Waals surface area contributed by atoms with Gasteiger partial charge in [-0.1, -0.05) is 30.7 Å². The molecule has 1 saturated heterocycles. The van der Waals surface area contributed by atoms with Crippen LogP contribution in [0.15, 0.2) is 42.0 Å². The molecule has 0 spiro atoms. The van der Waals surface area contributed by atoms with E-state index in [2.05, 4.69) is 5.32 Å². The summed E-state index contributed by atoms with van der Waals surface area (Å²) in [6.07, 6.45) is 2.33. The second-order valence-electron chi connectivity index (χ2n) is 6.44. The van der Waals surface area contributed by atoms with Crippen molar-refractivity contribution < 1.29 is 19.1 Å². The van der Waals surface area contributed by atoms with Gasteiger partial charge in [0.2, 0.25) is 0 Å². The molecule has 0 bridgehead atoms.